The lowest BCUT2D eigenvalue weighted by Gasteiger charge is -2.02. The molecule has 0 amide bonds. The largest absolute Gasteiger partial charge is 0.477 e. The van der Waals surface area contributed by atoms with Crippen molar-refractivity contribution in [3.05, 3.63) is 36.4 Å². The van der Waals surface area contributed by atoms with Crippen molar-refractivity contribution < 1.29 is 9.90 Å². The number of rotatable bonds is 3. The van der Waals surface area contributed by atoms with E-state index in [4.69, 9.17) is 0 Å². The zero-order valence-electron chi connectivity index (χ0n) is 11.1. The summed E-state index contributed by atoms with van der Waals surface area (Å²) >= 11 is 0. The van der Waals surface area contributed by atoms with E-state index in [1.165, 1.54) is 4.52 Å². The van der Waals surface area contributed by atoms with E-state index in [0.717, 1.165) is 0 Å². The summed E-state index contributed by atoms with van der Waals surface area (Å²) in [4.78, 5) is 15.6. The van der Waals surface area contributed by atoms with Crippen LogP contribution in [0.3, 0.4) is 0 Å². The summed E-state index contributed by atoms with van der Waals surface area (Å²) in [5.74, 6) is -1.05. The van der Waals surface area contributed by atoms with Gasteiger partial charge in [-0.3, -0.25) is 4.68 Å². The molecule has 3 aromatic rings. The second kappa shape index (κ2) is 4.44. The van der Waals surface area contributed by atoms with Gasteiger partial charge in [-0.05, 0) is 19.9 Å². The van der Waals surface area contributed by atoms with Gasteiger partial charge in [-0.2, -0.15) is 10.2 Å². The SMILES string of the molecule is CC(C)n1cc(-c2nn3cccnc3c2C(=O)O)cn1. The Labute approximate surface area is 114 Å². The van der Waals surface area contributed by atoms with Gasteiger partial charge in [0, 0.05) is 30.2 Å². The third-order valence-electron chi connectivity index (χ3n) is 3.01. The number of carboxylic acid groups (broad SMARTS) is 1. The summed E-state index contributed by atoms with van der Waals surface area (Å²) in [6.07, 6.45) is 6.63. The highest BCUT2D eigenvalue weighted by Gasteiger charge is 2.22. The molecule has 0 unspecified atom stereocenters. The van der Waals surface area contributed by atoms with Gasteiger partial charge < -0.3 is 5.11 Å². The van der Waals surface area contributed by atoms with Crippen LogP contribution in [0.4, 0.5) is 0 Å². The number of hydrogen-bond donors (Lipinski definition) is 1. The fraction of sp³-hybridized carbons (Fsp3) is 0.231. The van der Waals surface area contributed by atoms with Crippen molar-refractivity contribution in [3.8, 4) is 11.3 Å². The molecule has 0 spiro atoms. The molecule has 0 aliphatic heterocycles. The number of nitrogens with zero attached hydrogens (tertiary/aromatic N) is 5. The molecule has 20 heavy (non-hydrogen) atoms. The molecule has 0 aromatic carbocycles. The Hall–Kier alpha value is -2.70. The van der Waals surface area contributed by atoms with E-state index in [1.807, 2.05) is 13.8 Å². The first-order chi connectivity index (χ1) is 9.58. The van der Waals surface area contributed by atoms with E-state index in [-0.39, 0.29) is 11.6 Å². The summed E-state index contributed by atoms with van der Waals surface area (Å²) in [5, 5.41) is 17.9. The van der Waals surface area contributed by atoms with Crippen molar-refractivity contribution in [2.24, 2.45) is 0 Å². The minimum atomic E-state index is -1.05. The third-order valence-corrected chi connectivity index (χ3v) is 3.01. The van der Waals surface area contributed by atoms with E-state index >= 15 is 0 Å². The van der Waals surface area contributed by atoms with Crippen LogP contribution in [-0.4, -0.2) is 35.5 Å². The topological polar surface area (TPSA) is 85.3 Å². The fourth-order valence-corrected chi connectivity index (χ4v) is 2.03. The first kappa shape index (κ1) is 12.3. The van der Waals surface area contributed by atoms with Crippen LogP contribution in [0.25, 0.3) is 16.9 Å². The smallest absolute Gasteiger partial charge is 0.341 e. The minimum Gasteiger partial charge on any atom is -0.477 e. The van der Waals surface area contributed by atoms with Crippen LogP contribution in [0.15, 0.2) is 30.9 Å². The van der Waals surface area contributed by atoms with Crippen LogP contribution in [-0.2, 0) is 0 Å². The lowest BCUT2D eigenvalue weighted by atomic mass is 10.1. The van der Waals surface area contributed by atoms with Gasteiger partial charge in [-0.1, -0.05) is 0 Å². The van der Waals surface area contributed by atoms with E-state index < -0.39 is 5.97 Å². The third kappa shape index (κ3) is 1.83. The summed E-state index contributed by atoms with van der Waals surface area (Å²) in [7, 11) is 0. The Morgan fingerprint density at radius 1 is 1.40 bits per heavy atom. The van der Waals surface area contributed by atoms with Crippen LogP contribution in [0.1, 0.15) is 30.2 Å². The molecule has 0 saturated heterocycles. The molecule has 0 radical (unpaired) electrons. The van der Waals surface area contributed by atoms with Gasteiger partial charge in [0.25, 0.3) is 0 Å². The molecule has 102 valence electrons. The quantitative estimate of drug-likeness (QED) is 0.786. The van der Waals surface area contributed by atoms with Crippen molar-refractivity contribution in [1.29, 1.82) is 0 Å². The van der Waals surface area contributed by atoms with Crippen LogP contribution in [0, 0.1) is 0 Å². The molecule has 0 aliphatic carbocycles. The Morgan fingerprint density at radius 2 is 2.20 bits per heavy atom. The van der Waals surface area contributed by atoms with Crippen molar-refractivity contribution in [2.45, 2.75) is 19.9 Å². The predicted octanol–water partition coefficient (Wildman–Crippen LogP) is 1.87. The van der Waals surface area contributed by atoms with Gasteiger partial charge in [0.1, 0.15) is 11.3 Å². The Morgan fingerprint density at radius 3 is 2.85 bits per heavy atom. The molecule has 0 atom stereocenters. The first-order valence-corrected chi connectivity index (χ1v) is 6.19. The number of carbonyl (C=O) groups is 1. The molecule has 0 saturated carbocycles. The van der Waals surface area contributed by atoms with Crippen molar-refractivity contribution >= 4 is 11.6 Å². The molecule has 0 bridgehead atoms. The predicted molar refractivity (Wildman–Crippen MR) is 71.6 cm³/mol. The molecule has 0 aliphatic rings. The van der Waals surface area contributed by atoms with Crippen LogP contribution < -0.4 is 0 Å². The van der Waals surface area contributed by atoms with Crippen molar-refractivity contribution in [3.63, 3.8) is 0 Å². The Balaban J connectivity index is 2.24. The van der Waals surface area contributed by atoms with Gasteiger partial charge in [-0.25, -0.2) is 14.3 Å². The lowest BCUT2D eigenvalue weighted by molar-refractivity contribution is 0.0699. The molecule has 3 rings (SSSR count). The maximum Gasteiger partial charge on any atom is 0.341 e. The molecule has 7 heteroatoms. The van der Waals surface area contributed by atoms with Gasteiger partial charge in [0.15, 0.2) is 5.65 Å². The second-order valence-corrected chi connectivity index (χ2v) is 4.72. The van der Waals surface area contributed by atoms with E-state index in [1.54, 1.807) is 35.5 Å². The molecular formula is C13H13N5O2. The Kier molecular flexibility index (Phi) is 2.74. The second-order valence-electron chi connectivity index (χ2n) is 4.72. The lowest BCUT2D eigenvalue weighted by Crippen LogP contribution is -2.00. The molecule has 3 heterocycles. The standard InChI is InChI=1S/C13H13N5O2/c1-8(2)18-7-9(6-15-18)11-10(13(19)20)12-14-4-3-5-17(12)16-11/h3-8H,1-2H3,(H,19,20). The number of aromatic nitrogens is 5. The fourth-order valence-electron chi connectivity index (χ4n) is 2.03. The summed E-state index contributed by atoms with van der Waals surface area (Å²) in [6.45, 7) is 4.00. The molecule has 3 aromatic heterocycles. The zero-order valence-corrected chi connectivity index (χ0v) is 11.1. The highest BCUT2D eigenvalue weighted by Crippen LogP contribution is 2.25. The average molecular weight is 271 g/mol. The number of carboxylic acids is 1. The normalized spacial score (nSPS) is 11.3. The van der Waals surface area contributed by atoms with Crippen molar-refractivity contribution in [1.82, 2.24) is 24.4 Å². The van der Waals surface area contributed by atoms with Crippen LogP contribution >= 0.6 is 0 Å². The summed E-state index contributed by atoms with van der Waals surface area (Å²) in [6, 6.07) is 1.90. The van der Waals surface area contributed by atoms with Crippen LogP contribution in [0.5, 0.6) is 0 Å². The maximum absolute atomic E-state index is 11.5. The summed E-state index contributed by atoms with van der Waals surface area (Å²) < 4.78 is 3.23. The maximum atomic E-state index is 11.5. The summed E-state index contributed by atoms with van der Waals surface area (Å²) in [5.41, 5.74) is 1.46. The monoisotopic (exact) mass is 271 g/mol. The van der Waals surface area contributed by atoms with Gasteiger partial charge in [0.05, 0.1) is 6.20 Å². The average Bonchev–Trinajstić information content (AvgIpc) is 3.02. The van der Waals surface area contributed by atoms with Crippen LogP contribution in [0.2, 0.25) is 0 Å². The first-order valence-electron chi connectivity index (χ1n) is 6.19. The molecule has 1 N–H and O–H groups in total. The number of hydrogen-bond acceptors (Lipinski definition) is 4. The number of aromatic carboxylic acids is 1. The molecule has 7 nitrogen and oxygen atoms in total. The Bertz CT molecular complexity index is 787. The molecular weight excluding hydrogens is 258 g/mol. The van der Waals surface area contributed by atoms with Crippen molar-refractivity contribution in [2.75, 3.05) is 0 Å². The zero-order chi connectivity index (χ0) is 14.3. The highest BCUT2D eigenvalue weighted by molar-refractivity contribution is 6.01. The van der Waals surface area contributed by atoms with Gasteiger partial charge in [0.2, 0.25) is 0 Å². The van der Waals surface area contributed by atoms with E-state index in [9.17, 15) is 9.90 Å². The highest BCUT2D eigenvalue weighted by atomic mass is 16.4. The van der Waals surface area contributed by atoms with E-state index in [0.29, 0.717) is 16.9 Å². The van der Waals surface area contributed by atoms with Gasteiger partial charge in [-0.15, -0.1) is 0 Å². The minimum absolute atomic E-state index is 0.0916. The van der Waals surface area contributed by atoms with E-state index in [2.05, 4.69) is 15.2 Å². The molecule has 0 fully saturated rings. The van der Waals surface area contributed by atoms with Gasteiger partial charge >= 0.3 is 5.97 Å². The number of fused-ring (bicyclic) bond motifs is 1.